The van der Waals surface area contributed by atoms with Gasteiger partial charge in [-0.15, -0.1) is 10.2 Å². The van der Waals surface area contributed by atoms with Crippen molar-refractivity contribution in [3.63, 3.8) is 0 Å². The number of nitrogens with one attached hydrogen (secondary N) is 1. The van der Waals surface area contributed by atoms with Crippen molar-refractivity contribution in [1.29, 1.82) is 0 Å². The highest BCUT2D eigenvalue weighted by atomic mass is 16.2. The Morgan fingerprint density at radius 3 is 2.64 bits per heavy atom. The molecule has 0 aliphatic rings. The second-order valence-corrected chi connectivity index (χ2v) is 6.37. The van der Waals surface area contributed by atoms with Crippen molar-refractivity contribution >= 4 is 11.6 Å². The van der Waals surface area contributed by atoms with Crippen LogP contribution in [0.4, 0.5) is 0 Å². The average Bonchev–Trinajstić information content (AvgIpc) is 3.15. The number of aryl methyl sites for hydroxylation is 1. The lowest BCUT2D eigenvalue weighted by Crippen LogP contribution is -2.27. The molecular formula is C21H19N5O2. The summed E-state index contributed by atoms with van der Waals surface area (Å²) in [6, 6.07) is 17.9. The summed E-state index contributed by atoms with van der Waals surface area (Å²) in [5.41, 5.74) is 1.79. The second-order valence-electron chi connectivity index (χ2n) is 6.37. The van der Waals surface area contributed by atoms with E-state index in [0.717, 1.165) is 23.6 Å². The summed E-state index contributed by atoms with van der Waals surface area (Å²) in [6.45, 7) is 0.505. The van der Waals surface area contributed by atoms with Crippen molar-refractivity contribution in [1.82, 2.24) is 24.5 Å². The van der Waals surface area contributed by atoms with Crippen molar-refractivity contribution < 1.29 is 4.79 Å². The van der Waals surface area contributed by atoms with E-state index in [1.165, 1.54) is 10.6 Å². The lowest BCUT2D eigenvalue weighted by atomic mass is 10.2. The van der Waals surface area contributed by atoms with Crippen LogP contribution in [0.3, 0.4) is 0 Å². The Kier molecular flexibility index (Phi) is 4.97. The Hall–Kier alpha value is -3.74. The number of hydrogen-bond acceptors (Lipinski definition) is 4. The van der Waals surface area contributed by atoms with E-state index in [9.17, 15) is 9.59 Å². The fourth-order valence-corrected chi connectivity index (χ4v) is 3.02. The van der Waals surface area contributed by atoms with Crippen molar-refractivity contribution in [3.05, 3.63) is 94.8 Å². The molecule has 7 heteroatoms. The van der Waals surface area contributed by atoms with Crippen LogP contribution in [0.5, 0.6) is 0 Å². The van der Waals surface area contributed by atoms with E-state index >= 15 is 0 Å². The largest absolute Gasteiger partial charge is 0.352 e. The maximum absolute atomic E-state index is 12.5. The topological polar surface area (TPSA) is 81.3 Å². The van der Waals surface area contributed by atoms with Crippen LogP contribution in [0.15, 0.2) is 77.9 Å². The molecular weight excluding hydrogens is 354 g/mol. The van der Waals surface area contributed by atoms with Crippen LogP contribution in [0.25, 0.3) is 11.3 Å². The highest BCUT2D eigenvalue weighted by molar-refractivity contribution is 5.93. The Labute approximate surface area is 161 Å². The van der Waals surface area contributed by atoms with Crippen molar-refractivity contribution in [2.45, 2.75) is 12.8 Å². The van der Waals surface area contributed by atoms with E-state index in [2.05, 4.69) is 15.5 Å². The van der Waals surface area contributed by atoms with Crippen LogP contribution in [-0.4, -0.2) is 31.6 Å². The maximum Gasteiger partial charge on any atom is 0.255 e. The van der Waals surface area contributed by atoms with Crippen LogP contribution in [-0.2, 0) is 6.42 Å². The number of para-hydroxylation sites is 1. The number of nitrogens with zero attached hydrogens (tertiary/aromatic N) is 4. The molecule has 3 aromatic heterocycles. The number of pyridine rings is 2. The van der Waals surface area contributed by atoms with E-state index < -0.39 is 0 Å². The molecule has 7 nitrogen and oxygen atoms in total. The fourth-order valence-electron chi connectivity index (χ4n) is 3.02. The number of rotatable bonds is 6. The third-order valence-electron chi connectivity index (χ3n) is 4.45. The van der Waals surface area contributed by atoms with Crippen molar-refractivity contribution in [2.75, 3.05) is 6.54 Å². The minimum Gasteiger partial charge on any atom is -0.352 e. The molecule has 0 aliphatic heterocycles. The zero-order valence-corrected chi connectivity index (χ0v) is 15.2. The van der Waals surface area contributed by atoms with Crippen molar-refractivity contribution in [3.8, 4) is 5.69 Å². The van der Waals surface area contributed by atoms with Crippen LogP contribution in [0.2, 0.25) is 0 Å². The number of hydrogen-bond donors (Lipinski definition) is 1. The Morgan fingerprint density at radius 2 is 1.79 bits per heavy atom. The number of carbonyl (C=O) groups excluding carboxylic acids is 1. The smallest absolute Gasteiger partial charge is 0.255 e. The van der Waals surface area contributed by atoms with Gasteiger partial charge in [-0.1, -0.05) is 24.3 Å². The van der Waals surface area contributed by atoms with E-state index in [1.807, 2.05) is 59.1 Å². The van der Waals surface area contributed by atoms with E-state index in [0.29, 0.717) is 18.5 Å². The number of carbonyl (C=O) groups is 1. The molecule has 4 aromatic rings. The number of amides is 1. The molecule has 0 bridgehead atoms. The molecule has 0 unspecified atom stereocenters. The predicted octanol–water partition coefficient (Wildman–Crippen LogP) is 2.24. The molecule has 0 radical (unpaired) electrons. The van der Waals surface area contributed by atoms with Gasteiger partial charge in [0.15, 0.2) is 5.65 Å². The fraction of sp³-hybridized carbons (Fsp3) is 0.143. The SMILES string of the molecule is O=C(NCCCc1nnc2ccccn12)c1ccc(=O)n(-c2ccccc2)c1. The highest BCUT2D eigenvalue weighted by Crippen LogP contribution is 2.07. The standard InChI is InChI=1S/C21H19N5O2/c27-20-12-11-16(15-26(20)17-7-2-1-3-8-17)21(28)22-13-6-10-19-24-23-18-9-4-5-14-25(18)19/h1-5,7-9,11-12,14-15H,6,10,13H2,(H,22,28). The zero-order chi connectivity index (χ0) is 19.3. The minimum atomic E-state index is -0.212. The number of fused-ring (bicyclic) bond motifs is 1. The maximum atomic E-state index is 12.5. The van der Waals surface area contributed by atoms with Crippen LogP contribution >= 0.6 is 0 Å². The number of aromatic nitrogens is 4. The number of benzene rings is 1. The first-order valence-corrected chi connectivity index (χ1v) is 9.07. The van der Waals surface area contributed by atoms with Gasteiger partial charge in [-0.2, -0.15) is 0 Å². The lowest BCUT2D eigenvalue weighted by Gasteiger charge is -2.09. The summed E-state index contributed by atoms with van der Waals surface area (Å²) < 4.78 is 3.41. The molecule has 0 saturated heterocycles. The first kappa shape index (κ1) is 17.7. The first-order valence-electron chi connectivity index (χ1n) is 9.07. The normalized spacial score (nSPS) is 10.9. The quantitative estimate of drug-likeness (QED) is 0.526. The van der Waals surface area contributed by atoms with Gasteiger partial charge in [0, 0.05) is 37.1 Å². The molecule has 0 spiro atoms. The molecule has 140 valence electrons. The minimum absolute atomic E-state index is 0.179. The Balaban J connectivity index is 1.38. The predicted molar refractivity (Wildman–Crippen MR) is 106 cm³/mol. The summed E-state index contributed by atoms with van der Waals surface area (Å²) in [6.07, 6.45) is 4.93. The molecule has 0 aliphatic carbocycles. The molecule has 0 atom stereocenters. The van der Waals surface area contributed by atoms with Crippen LogP contribution in [0, 0.1) is 0 Å². The molecule has 0 fully saturated rings. The summed E-state index contributed by atoms with van der Waals surface area (Å²) in [5, 5.41) is 11.2. The summed E-state index contributed by atoms with van der Waals surface area (Å²) in [4.78, 5) is 24.6. The molecule has 1 amide bonds. The van der Waals surface area contributed by atoms with Crippen LogP contribution in [0.1, 0.15) is 22.6 Å². The highest BCUT2D eigenvalue weighted by Gasteiger charge is 2.09. The molecule has 3 heterocycles. The van der Waals surface area contributed by atoms with Gasteiger partial charge >= 0.3 is 0 Å². The molecule has 1 aromatic carbocycles. The van der Waals surface area contributed by atoms with Gasteiger partial charge in [-0.25, -0.2) is 0 Å². The van der Waals surface area contributed by atoms with Gasteiger partial charge in [-0.05, 0) is 36.8 Å². The van der Waals surface area contributed by atoms with Gasteiger partial charge in [0.25, 0.3) is 11.5 Å². The third-order valence-corrected chi connectivity index (χ3v) is 4.45. The summed E-state index contributed by atoms with van der Waals surface area (Å²) >= 11 is 0. The van der Waals surface area contributed by atoms with Gasteiger partial charge in [-0.3, -0.25) is 18.6 Å². The van der Waals surface area contributed by atoms with E-state index in [-0.39, 0.29) is 11.5 Å². The van der Waals surface area contributed by atoms with Gasteiger partial charge in [0.2, 0.25) is 0 Å². The lowest BCUT2D eigenvalue weighted by molar-refractivity contribution is 0.0952. The second kappa shape index (κ2) is 7.87. The molecule has 28 heavy (non-hydrogen) atoms. The van der Waals surface area contributed by atoms with E-state index in [1.54, 1.807) is 12.3 Å². The van der Waals surface area contributed by atoms with Crippen molar-refractivity contribution in [2.24, 2.45) is 0 Å². The third kappa shape index (κ3) is 3.68. The first-order chi connectivity index (χ1) is 13.7. The molecule has 0 saturated carbocycles. The summed E-state index contributed by atoms with van der Waals surface area (Å²) in [7, 11) is 0. The van der Waals surface area contributed by atoms with E-state index in [4.69, 9.17) is 0 Å². The zero-order valence-electron chi connectivity index (χ0n) is 15.2. The Bertz CT molecular complexity index is 1160. The van der Waals surface area contributed by atoms with Gasteiger partial charge in [0.05, 0.1) is 5.56 Å². The van der Waals surface area contributed by atoms with Gasteiger partial charge < -0.3 is 5.32 Å². The van der Waals surface area contributed by atoms with Gasteiger partial charge in [0.1, 0.15) is 5.82 Å². The Morgan fingerprint density at radius 1 is 0.964 bits per heavy atom. The monoisotopic (exact) mass is 373 g/mol. The van der Waals surface area contributed by atoms with Crippen LogP contribution < -0.4 is 10.9 Å². The summed E-state index contributed by atoms with van der Waals surface area (Å²) in [5.74, 6) is 0.651. The molecule has 1 N–H and O–H groups in total. The molecule has 4 rings (SSSR count). The average molecular weight is 373 g/mol.